The van der Waals surface area contributed by atoms with E-state index >= 15 is 0 Å². The number of halogens is 1. The zero-order valence-electron chi connectivity index (χ0n) is 10.4. The van der Waals surface area contributed by atoms with Gasteiger partial charge in [-0.25, -0.2) is 9.38 Å². The minimum absolute atomic E-state index is 0.807. The van der Waals surface area contributed by atoms with Crippen molar-refractivity contribution >= 4 is 27.5 Å². The van der Waals surface area contributed by atoms with Crippen LogP contribution in [0.25, 0.3) is 5.65 Å². The predicted octanol–water partition coefficient (Wildman–Crippen LogP) is 2.51. The van der Waals surface area contributed by atoms with Gasteiger partial charge in [-0.15, -0.1) is 10.2 Å². The molecule has 0 aliphatic carbocycles. The van der Waals surface area contributed by atoms with Crippen LogP contribution >= 0.6 is 15.9 Å². The van der Waals surface area contributed by atoms with Gasteiger partial charge in [0, 0.05) is 19.3 Å². The van der Waals surface area contributed by atoms with Gasteiger partial charge in [-0.1, -0.05) is 6.92 Å². The lowest BCUT2D eigenvalue weighted by molar-refractivity contribution is 0.520. The second-order valence-corrected chi connectivity index (χ2v) is 5.81. The molecule has 0 bridgehead atoms. The molecule has 1 fully saturated rings. The van der Waals surface area contributed by atoms with Crippen LogP contribution in [0.5, 0.6) is 0 Å². The highest BCUT2D eigenvalue weighted by molar-refractivity contribution is 9.10. The van der Waals surface area contributed by atoms with Gasteiger partial charge in [-0.05, 0) is 41.1 Å². The van der Waals surface area contributed by atoms with E-state index in [0.29, 0.717) is 0 Å². The molecule has 18 heavy (non-hydrogen) atoms. The fraction of sp³-hybridized carbons (Fsp3) is 0.583. The SMILES string of the molecule is C[C@@H]1CCCN(c2ncc(Br)c3nncn23)CC1. The molecule has 0 N–H and O–H groups in total. The van der Waals surface area contributed by atoms with Crippen LogP contribution in [0, 0.1) is 5.92 Å². The highest BCUT2D eigenvalue weighted by Gasteiger charge is 2.18. The van der Waals surface area contributed by atoms with Crippen LogP contribution in [-0.2, 0) is 0 Å². The molecule has 0 unspecified atom stereocenters. The predicted molar refractivity (Wildman–Crippen MR) is 73.7 cm³/mol. The second kappa shape index (κ2) is 4.84. The highest BCUT2D eigenvalue weighted by Crippen LogP contribution is 2.23. The van der Waals surface area contributed by atoms with E-state index in [0.717, 1.165) is 35.1 Å². The van der Waals surface area contributed by atoms with Gasteiger partial charge in [0.2, 0.25) is 5.95 Å². The van der Waals surface area contributed by atoms with Gasteiger partial charge in [0.05, 0.1) is 4.47 Å². The quantitative estimate of drug-likeness (QED) is 0.812. The molecule has 0 amide bonds. The van der Waals surface area contributed by atoms with E-state index < -0.39 is 0 Å². The Bertz CT molecular complexity index is 552. The van der Waals surface area contributed by atoms with Gasteiger partial charge in [0.25, 0.3) is 0 Å². The third kappa shape index (κ3) is 2.09. The molecule has 5 nitrogen and oxygen atoms in total. The fourth-order valence-corrected chi connectivity index (χ4v) is 2.85. The fourth-order valence-electron chi connectivity index (χ4n) is 2.48. The molecule has 96 valence electrons. The average Bonchev–Trinajstić information content (AvgIpc) is 2.75. The number of aromatic nitrogens is 4. The van der Waals surface area contributed by atoms with Crippen molar-refractivity contribution in [3.05, 3.63) is 17.0 Å². The lowest BCUT2D eigenvalue weighted by atomic mass is 10.0. The molecule has 1 saturated heterocycles. The Balaban J connectivity index is 1.98. The van der Waals surface area contributed by atoms with Crippen molar-refractivity contribution in [2.45, 2.75) is 26.2 Å². The van der Waals surface area contributed by atoms with Crippen molar-refractivity contribution in [2.75, 3.05) is 18.0 Å². The average molecular weight is 310 g/mol. The largest absolute Gasteiger partial charge is 0.342 e. The molecular formula is C12H16BrN5. The lowest BCUT2D eigenvalue weighted by Crippen LogP contribution is -2.27. The maximum atomic E-state index is 4.53. The van der Waals surface area contributed by atoms with Crippen LogP contribution in [0.1, 0.15) is 26.2 Å². The minimum atomic E-state index is 0.807. The topological polar surface area (TPSA) is 46.3 Å². The summed E-state index contributed by atoms with van der Waals surface area (Å²) in [6.07, 6.45) is 7.30. The maximum Gasteiger partial charge on any atom is 0.212 e. The minimum Gasteiger partial charge on any atom is -0.342 e. The van der Waals surface area contributed by atoms with E-state index in [4.69, 9.17) is 0 Å². The summed E-state index contributed by atoms with van der Waals surface area (Å²) in [4.78, 5) is 6.87. The van der Waals surface area contributed by atoms with Gasteiger partial charge >= 0.3 is 0 Å². The third-order valence-electron chi connectivity index (χ3n) is 3.57. The van der Waals surface area contributed by atoms with E-state index in [-0.39, 0.29) is 0 Å². The Labute approximate surface area is 114 Å². The summed E-state index contributed by atoms with van der Waals surface area (Å²) in [6, 6.07) is 0. The maximum absolute atomic E-state index is 4.53. The van der Waals surface area contributed by atoms with Crippen molar-refractivity contribution in [1.82, 2.24) is 19.6 Å². The standard InChI is InChI=1S/C12H16BrN5/c1-9-3-2-5-17(6-4-9)12-14-7-10(13)11-16-15-8-18(11)12/h7-9H,2-6H2,1H3/t9-/m1/s1. The van der Waals surface area contributed by atoms with Crippen molar-refractivity contribution in [3.8, 4) is 0 Å². The molecule has 0 saturated carbocycles. The molecule has 0 radical (unpaired) electrons. The molecule has 0 spiro atoms. The summed E-state index contributed by atoms with van der Waals surface area (Å²) in [7, 11) is 0. The van der Waals surface area contributed by atoms with E-state index in [9.17, 15) is 0 Å². The molecule has 1 aliphatic rings. The molecule has 2 aromatic heterocycles. The smallest absolute Gasteiger partial charge is 0.212 e. The first-order valence-electron chi connectivity index (χ1n) is 6.35. The number of rotatable bonds is 1. The molecule has 3 rings (SSSR count). The number of fused-ring (bicyclic) bond motifs is 1. The normalized spacial score (nSPS) is 21.2. The van der Waals surface area contributed by atoms with Gasteiger partial charge < -0.3 is 4.90 Å². The Morgan fingerprint density at radius 3 is 3.11 bits per heavy atom. The molecule has 3 heterocycles. The summed E-state index contributed by atoms with van der Waals surface area (Å²) in [5.41, 5.74) is 0.831. The number of nitrogens with zero attached hydrogens (tertiary/aromatic N) is 5. The summed E-state index contributed by atoms with van der Waals surface area (Å²) in [5, 5.41) is 8.08. The van der Waals surface area contributed by atoms with Gasteiger partial charge in [0.1, 0.15) is 6.33 Å². The van der Waals surface area contributed by atoms with Crippen LogP contribution in [-0.4, -0.2) is 32.7 Å². The molecule has 1 aliphatic heterocycles. The van der Waals surface area contributed by atoms with Crippen molar-refractivity contribution in [1.29, 1.82) is 0 Å². The van der Waals surface area contributed by atoms with E-state index in [2.05, 4.69) is 42.9 Å². The Morgan fingerprint density at radius 1 is 1.33 bits per heavy atom. The molecular weight excluding hydrogens is 294 g/mol. The first kappa shape index (κ1) is 11.9. The summed E-state index contributed by atoms with van der Waals surface area (Å²) in [5.74, 6) is 1.76. The summed E-state index contributed by atoms with van der Waals surface area (Å²) in [6.45, 7) is 4.45. The molecule has 2 aromatic rings. The van der Waals surface area contributed by atoms with Gasteiger partial charge in [0.15, 0.2) is 5.65 Å². The first-order chi connectivity index (χ1) is 8.75. The Hall–Kier alpha value is -1.17. The van der Waals surface area contributed by atoms with E-state index in [1.165, 1.54) is 19.3 Å². The Morgan fingerprint density at radius 2 is 2.22 bits per heavy atom. The third-order valence-corrected chi connectivity index (χ3v) is 4.13. The van der Waals surface area contributed by atoms with Crippen LogP contribution in [0.3, 0.4) is 0 Å². The van der Waals surface area contributed by atoms with E-state index in [1.54, 1.807) is 6.33 Å². The number of hydrogen-bond acceptors (Lipinski definition) is 4. The van der Waals surface area contributed by atoms with Crippen LogP contribution < -0.4 is 4.90 Å². The number of hydrogen-bond donors (Lipinski definition) is 0. The first-order valence-corrected chi connectivity index (χ1v) is 7.14. The van der Waals surface area contributed by atoms with Gasteiger partial charge in [-0.3, -0.25) is 0 Å². The summed E-state index contributed by atoms with van der Waals surface area (Å²) >= 11 is 3.45. The van der Waals surface area contributed by atoms with Crippen molar-refractivity contribution in [3.63, 3.8) is 0 Å². The highest BCUT2D eigenvalue weighted by atomic mass is 79.9. The van der Waals surface area contributed by atoms with E-state index in [1.807, 2.05) is 10.6 Å². The van der Waals surface area contributed by atoms with Crippen LogP contribution in [0.15, 0.2) is 17.0 Å². The monoisotopic (exact) mass is 309 g/mol. The lowest BCUT2D eigenvalue weighted by Gasteiger charge is -2.22. The zero-order valence-corrected chi connectivity index (χ0v) is 12.0. The molecule has 1 atom stereocenters. The van der Waals surface area contributed by atoms with Crippen LogP contribution in [0.4, 0.5) is 5.95 Å². The number of anilines is 1. The Kier molecular flexibility index (Phi) is 3.20. The summed E-state index contributed by atoms with van der Waals surface area (Å²) < 4.78 is 2.84. The van der Waals surface area contributed by atoms with Gasteiger partial charge in [-0.2, -0.15) is 0 Å². The van der Waals surface area contributed by atoms with Crippen LogP contribution in [0.2, 0.25) is 0 Å². The van der Waals surface area contributed by atoms with Crippen molar-refractivity contribution < 1.29 is 0 Å². The molecule has 0 aromatic carbocycles. The zero-order chi connectivity index (χ0) is 12.5. The molecule has 6 heteroatoms. The second-order valence-electron chi connectivity index (χ2n) is 4.95. The van der Waals surface area contributed by atoms with Crippen molar-refractivity contribution in [2.24, 2.45) is 5.92 Å².